The standard InChI is InChI=1S/C18H21NO3/c1-3-18-14-12-8-11(15(20)16(12)22-18)13(14)17(21)19(18)10-6-4-5-9(2)7-10/h4-7,11-16,20H,3,8H2,1-2H3. The molecule has 4 heteroatoms. The number of ether oxygens (including phenoxy) is 1. The summed E-state index contributed by atoms with van der Waals surface area (Å²) in [6.45, 7) is 4.14. The lowest BCUT2D eigenvalue weighted by molar-refractivity contribution is -0.133. The van der Waals surface area contributed by atoms with Crippen LogP contribution in [0.15, 0.2) is 24.3 Å². The third kappa shape index (κ3) is 1.23. The van der Waals surface area contributed by atoms with Crippen LogP contribution < -0.4 is 4.90 Å². The van der Waals surface area contributed by atoms with Gasteiger partial charge in [-0.2, -0.15) is 0 Å². The molecule has 2 saturated carbocycles. The number of aliphatic hydroxyl groups is 1. The van der Waals surface area contributed by atoms with Gasteiger partial charge in [-0.1, -0.05) is 19.1 Å². The maximum Gasteiger partial charge on any atom is 0.233 e. The maximum absolute atomic E-state index is 13.2. The molecule has 1 aromatic carbocycles. The molecule has 7 atom stereocenters. The number of fused-ring (bicyclic) bond motifs is 2. The summed E-state index contributed by atoms with van der Waals surface area (Å²) < 4.78 is 6.41. The molecule has 7 unspecified atom stereocenters. The highest BCUT2D eigenvalue weighted by atomic mass is 16.6. The van der Waals surface area contributed by atoms with E-state index in [1.165, 1.54) is 0 Å². The van der Waals surface area contributed by atoms with Crippen LogP contribution in [0, 0.1) is 30.6 Å². The molecule has 0 spiro atoms. The van der Waals surface area contributed by atoms with Crippen LogP contribution in [0.3, 0.4) is 0 Å². The van der Waals surface area contributed by atoms with E-state index in [4.69, 9.17) is 4.74 Å². The molecule has 0 radical (unpaired) electrons. The minimum atomic E-state index is -0.545. The van der Waals surface area contributed by atoms with Crippen molar-refractivity contribution in [2.24, 2.45) is 23.7 Å². The molecule has 2 aliphatic carbocycles. The summed E-state index contributed by atoms with van der Waals surface area (Å²) in [7, 11) is 0. The van der Waals surface area contributed by atoms with Crippen molar-refractivity contribution in [1.82, 2.24) is 0 Å². The zero-order valence-corrected chi connectivity index (χ0v) is 12.9. The Hall–Kier alpha value is -1.39. The fourth-order valence-electron chi connectivity index (χ4n) is 5.88. The van der Waals surface area contributed by atoms with Gasteiger partial charge < -0.3 is 9.84 Å². The van der Waals surface area contributed by atoms with Gasteiger partial charge in [0.2, 0.25) is 5.91 Å². The summed E-state index contributed by atoms with van der Waals surface area (Å²) in [5.74, 6) is 0.796. The van der Waals surface area contributed by atoms with Gasteiger partial charge in [0, 0.05) is 11.6 Å². The first-order valence-corrected chi connectivity index (χ1v) is 8.35. The van der Waals surface area contributed by atoms with E-state index in [1.807, 2.05) is 30.0 Å². The number of aryl methyl sites for hydroxylation is 1. The van der Waals surface area contributed by atoms with Crippen LogP contribution in [0.4, 0.5) is 5.69 Å². The third-order valence-corrected chi connectivity index (χ3v) is 6.56. The van der Waals surface area contributed by atoms with Crippen LogP contribution >= 0.6 is 0 Å². The fourth-order valence-corrected chi connectivity index (χ4v) is 5.88. The Kier molecular flexibility index (Phi) is 2.33. The number of hydrogen-bond acceptors (Lipinski definition) is 3. The summed E-state index contributed by atoms with van der Waals surface area (Å²) in [6, 6.07) is 8.11. The Morgan fingerprint density at radius 3 is 2.95 bits per heavy atom. The van der Waals surface area contributed by atoms with Crippen molar-refractivity contribution in [1.29, 1.82) is 0 Å². The number of rotatable bonds is 2. The molecule has 4 aliphatic rings. The summed E-state index contributed by atoms with van der Waals surface area (Å²) in [5, 5.41) is 10.5. The molecule has 2 saturated heterocycles. The molecule has 5 rings (SSSR count). The van der Waals surface area contributed by atoms with Crippen LogP contribution in [0.5, 0.6) is 0 Å². The molecule has 2 heterocycles. The molecule has 1 amide bonds. The van der Waals surface area contributed by atoms with Gasteiger partial charge in [0.1, 0.15) is 0 Å². The van der Waals surface area contributed by atoms with Crippen LogP contribution in [0.2, 0.25) is 0 Å². The van der Waals surface area contributed by atoms with Crippen LogP contribution in [0.1, 0.15) is 25.3 Å². The number of carbonyl (C=O) groups is 1. The van der Waals surface area contributed by atoms with Gasteiger partial charge in [-0.3, -0.25) is 9.69 Å². The summed E-state index contributed by atoms with van der Waals surface area (Å²) in [5.41, 5.74) is 1.54. The molecule has 116 valence electrons. The van der Waals surface area contributed by atoms with E-state index in [9.17, 15) is 9.90 Å². The van der Waals surface area contributed by atoms with Crippen molar-refractivity contribution in [3.05, 3.63) is 29.8 Å². The van der Waals surface area contributed by atoms with Gasteiger partial charge in [0.05, 0.1) is 18.1 Å². The Morgan fingerprint density at radius 2 is 2.23 bits per heavy atom. The SMILES string of the molecule is CCC12OC3C(O)C4CC3C1C4C(=O)N2c1cccc(C)c1. The number of nitrogens with zero attached hydrogens (tertiary/aromatic N) is 1. The number of hydrogen-bond donors (Lipinski definition) is 1. The highest BCUT2D eigenvalue weighted by Crippen LogP contribution is 2.68. The Bertz CT molecular complexity index is 674. The molecular weight excluding hydrogens is 278 g/mol. The second-order valence-corrected chi connectivity index (χ2v) is 7.40. The Labute approximate surface area is 130 Å². The number of amides is 1. The first-order valence-electron chi connectivity index (χ1n) is 8.35. The van der Waals surface area contributed by atoms with Crippen molar-refractivity contribution < 1.29 is 14.6 Å². The van der Waals surface area contributed by atoms with Crippen molar-refractivity contribution in [2.45, 2.75) is 44.6 Å². The molecule has 0 aromatic heterocycles. The zero-order chi connectivity index (χ0) is 15.2. The molecule has 1 aromatic rings. The largest absolute Gasteiger partial charge is 0.390 e. The third-order valence-electron chi connectivity index (χ3n) is 6.56. The van der Waals surface area contributed by atoms with Crippen molar-refractivity contribution in [3.63, 3.8) is 0 Å². The van der Waals surface area contributed by atoms with E-state index in [0.29, 0.717) is 5.92 Å². The van der Waals surface area contributed by atoms with E-state index in [-0.39, 0.29) is 29.8 Å². The smallest absolute Gasteiger partial charge is 0.233 e. The first-order chi connectivity index (χ1) is 10.6. The maximum atomic E-state index is 13.2. The molecule has 1 N–H and O–H groups in total. The predicted octanol–water partition coefficient (Wildman–Crippen LogP) is 2.09. The molecule has 22 heavy (non-hydrogen) atoms. The van der Waals surface area contributed by atoms with Crippen molar-refractivity contribution >= 4 is 11.6 Å². The van der Waals surface area contributed by atoms with Gasteiger partial charge >= 0.3 is 0 Å². The van der Waals surface area contributed by atoms with Gasteiger partial charge in [-0.05, 0) is 49.3 Å². The predicted molar refractivity (Wildman–Crippen MR) is 81.1 cm³/mol. The molecule has 4 nitrogen and oxygen atoms in total. The Morgan fingerprint density at radius 1 is 1.41 bits per heavy atom. The van der Waals surface area contributed by atoms with E-state index in [0.717, 1.165) is 24.1 Å². The van der Waals surface area contributed by atoms with Gasteiger partial charge in [-0.15, -0.1) is 0 Å². The van der Waals surface area contributed by atoms with E-state index >= 15 is 0 Å². The summed E-state index contributed by atoms with van der Waals surface area (Å²) in [4.78, 5) is 15.1. The fraction of sp³-hybridized carbons (Fsp3) is 0.611. The molecule has 4 fully saturated rings. The Balaban J connectivity index is 1.68. The molecular formula is C18H21NO3. The van der Waals surface area contributed by atoms with Gasteiger partial charge in [0.15, 0.2) is 5.72 Å². The minimum Gasteiger partial charge on any atom is -0.390 e. The van der Waals surface area contributed by atoms with Gasteiger partial charge in [-0.25, -0.2) is 0 Å². The highest BCUT2D eigenvalue weighted by molar-refractivity contribution is 6.00. The monoisotopic (exact) mass is 299 g/mol. The van der Waals surface area contributed by atoms with E-state index in [2.05, 4.69) is 13.0 Å². The second-order valence-electron chi connectivity index (χ2n) is 7.40. The quantitative estimate of drug-likeness (QED) is 0.910. The lowest BCUT2D eigenvalue weighted by atomic mass is 9.76. The van der Waals surface area contributed by atoms with Crippen molar-refractivity contribution in [2.75, 3.05) is 4.90 Å². The topological polar surface area (TPSA) is 49.8 Å². The molecule has 2 aliphatic heterocycles. The number of benzene rings is 1. The lowest BCUT2D eigenvalue weighted by Crippen LogP contribution is -2.50. The number of anilines is 1. The molecule has 2 bridgehead atoms. The van der Waals surface area contributed by atoms with Crippen LogP contribution in [-0.4, -0.2) is 28.9 Å². The zero-order valence-electron chi connectivity index (χ0n) is 12.9. The van der Waals surface area contributed by atoms with Crippen LogP contribution in [-0.2, 0) is 9.53 Å². The minimum absolute atomic E-state index is 0.0563. The average Bonchev–Trinajstić information content (AvgIpc) is 3.15. The van der Waals surface area contributed by atoms with Gasteiger partial charge in [0.25, 0.3) is 0 Å². The van der Waals surface area contributed by atoms with E-state index < -0.39 is 11.8 Å². The van der Waals surface area contributed by atoms with E-state index in [1.54, 1.807) is 0 Å². The summed E-state index contributed by atoms with van der Waals surface area (Å²) in [6.07, 6.45) is 1.20. The second kappa shape index (κ2) is 3.92. The normalized spacial score (nSPS) is 47.8. The first kappa shape index (κ1) is 13.1. The highest BCUT2D eigenvalue weighted by Gasteiger charge is 2.77. The number of aliphatic hydroxyl groups excluding tert-OH is 1. The lowest BCUT2D eigenvalue weighted by Gasteiger charge is -2.38. The van der Waals surface area contributed by atoms with Crippen LogP contribution in [0.25, 0.3) is 0 Å². The number of carbonyl (C=O) groups excluding carboxylic acids is 1. The van der Waals surface area contributed by atoms with Crippen molar-refractivity contribution in [3.8, 4) is 0 Å². The average molecular weight is 299 g/mol. The summed E-state index contributed by atoms with van der Waals surface area (Å²) >= 11 is 0.